The van der Waals surface area contributed by atoms with E-state index in [0.29, 0.717) is 29.2 Å². The third-order valence-electron chi connectivity index (χ3n) is 4.02. The number of nitrogens with one attached hydrogen (secondary N) is 1. The Hall–Kier alpha value is -3.68. The van der Waals surface area contributed by atoms with Crippen LogP contribution in [0.3, 0.4) is 0 Å². The maximum atomic E-state index is 12.1. The van der Waals surface area contributed by atoms with Crippen molar-refractivity contribution in [2.45, 2.75) is 6.92 Å². The molecular formula is C19H17N3O5. The SMILES string of the molecule is CCN1C(=O)COc2cc(NC(=O)/C=C/c3ccc([N+](=O)[O-])cc3)ccc21. The van der Waals surface area contributed by atoms with Gasteiger partial charge >= 0.3 is 0 Å². The first-order chi connectivity index (χ1) is 13.0. The maximum Gasteiger partial charge on any atom is 0.269 e. The van der Waals surface area contributed by atoms with Crippen LogP contribution in [0.25, 0.3) is 6.08 Å². The van der Waals surface area contributed by atoms with Gasteiger partial charge in [-0.15, -0.1) is 0 Å². The maximum absolute atomic E-state index is 12.1. The molecule has 0 aliphatic carbocycles. The van der Waals surface area contributed by atoms with Crippen molar-refractivity contribution < 1.29 is 19.2 Å². The topological polar surface area (TPSA) is 102 Å². The lowest BCUT2D eigenvalue weighted by molar-refractivity contribution is -0.384. The molecule has 0 radical (unpaired) electrons. The summed E-state index contributed by atoms with van der Waals surface area (Å²) in [6.45, 7) is 2.39. The number of non-ortho nitro benzene ring substituents is 1. The van der Waals surface area contributed by atoms with Gasteiger partial charge in [0.05, 0.1) is 10.6 Å². The molecule has 27 heavy (non-hydrogen) atoms. The molecule has 1 heterocycles. The second kappa shape index (κ2) is 7.69. The number of carbonyl (C=O) groups is 2. The molecule has 0 bridgehead atoms. The second-order valence-corrected chi connectivity index (χ2v) is 5.78. The molecule has 0 atom stereocenters. The number of benzene rings is 2. The molecule has 0 saturated carbocycles. The summed E-state index contributed by atoms with van der Waals surface area (Å²) in [5, 5.41) is 13.4. The number of rotatable bonds is 5. The fourth-order valence-electron chi connectivity index (χ4n) is 2.69. The van der Waals surface area contributed by atoms with Gasteiger partial charge in [-0.1, -0.05) is 0 Å². The molecule has 0 spiro atoms. The van der Waals surface area contributed by atoms with Crippen molar-refractivity contribution in [3.63, 3.8) is 0 Å². The van der Waals surface area contributed by atoms with Crippen molar-refractivity contribution in [1.82, 2.24) is 0 Å². The number of nitrogens with zero attached hydrogens (tertiary/aromatic N) is 2. The molecular weight excluding hydrogens is 350 g/mol. The number of hydrogen-bond acceptors (Lipinski definition) is 5. The van der Waals surface area contributed by atoms with Gasteiger partial charge in [-0.2, -0.15) is 0 Å². The van der Waals surface area contributed by atoms with Gasteiger partial charge in [0.25, 0.3) is 11.6 Å². The minimum Gasteiger partial charge on any atom is -0.481 e. The van der Waals surface area contributed by atoms with Crippen LogP contribution in [0.5, 0.6) is 5.75 Å². The van der Waals surface area contributed by atoms with Crippen LogP contribution in [0.2, 0.25) is 0 Å². The number of nitro groups is 1. The van der Waals surface area contributed by atoms with Gasteiger partial charge in [0, 0.05) is 36.5 Å². The first-order valence-electron chi connectivity index (χ1n) is 8.28. The zero-order chi connectivity index (χ0) is 19.4. The number of ether oxygens (including phenoxy) is 1. The van der Waals surface area contributed by atoms with Crippen molar-refractivity contribution in [3.05, 3.63) is 64.2 Å². The highest BCUT2D eigenvalue weighted by Gasteiger charge is 2.24. The molecule has 1 aliphatic heterocycles. The van der Waals surface area contributed by atoms with Gasteiger partial charge in [-0.3, -0.25) is 19.7 Å². The summed E-state index contributed by atoms with van der Waals surface area (Å²) in [5.74, 6) is 0.0777. The summed E-state index contributed by atoms with van der Waals surface area (Å²) in [4.78, 5) is 35.7. The Bertz CT molecular complexity index is 921. The van der Waals surface area contributed by atoms with Gasteiger partial charge in [0.15, 0.2) is 6.61 Å². The summed E-state index contributed by atoms with van der Waals surface area (Å²) < 4.78 is 5.43. The van der Waals surface area contributed by atoms with E-state index in [1.807, 2.05) is 6.92 Å². The highest BCUT2D eigenvalue weighted by atomic mass is 16.6. The summed E-state index contributed by atoms with van der Waals surface area (Å²) in [6, 6.07) is 11.0. The van der Waals surface area contributed by atoms with E-state index in [1.165, 1.54) is 18.2 Å². The van der Waals surface area contributed by atoms with E-state index < -0.39 is 4.92 Å². The molecule has 2 amide bonds. The average molecular weight is 367 g/mol. The molecule has 8 heteroatoms. The Morgan fingerprint density at radius 3 is 2.70 bits per heavy atom. The number of fused-ring (bicyclic) bond motifs is 1. The molecule has 1 N–H and O–H groups in total. The number of likely N-dealkylation sites (N-methyl/N-ethyl adjacent to an activating group) is 1. The molecule has 0 unspecified atom stereocenters. The van der Waals surface area contributed by atoms with Gasteiger partial charge in [-0.25, -0.2) is 0 Å². The summed E-state index contributed by atoms with van der Waals surface area (Å²) in [5.41, 5.74) is 1.87. The Labute approximate surface area is 155 Å². The average Bonchev–Trinajstić information content (AvgIpc) is 2.66. The zero-order valence-corrected chi connectivity index (χ0v) is 14.5. The number of nitro benzene ring substituents is 1. The Kier molecular flexibility index (Phi) is 5.16. The Balaban J connectivity index is 1.67. The van der Waals surface area contributed by atoms with Gasteiger partial charge < -0.3 is 15.0 Å². The highest BCUT2D eigenvalue weighted by Crippen LogP contribution is 2.34. The minimum absolute atomic E-state index is 0.00901. The lowest BCUT2D eigenvalue weighted by atomic mass is 10.2. The van der Waals surface area contributed by atoms with E-state index in [0.717, 1.165) is 0 Å². The normalized spacial score (nSPS) is 13.2. The van der Waals surface area contributed by atoms with Crippen molar-refractivity contribution in [3.8, 4) is 5.75 Å². The fourth-order valence-corrected chi connectivity index (χ4v) is 2.69. The molecule has 3 rings (SSSR count). The van der Waals surface area contributed by atoms with E-state index in [2.05, 4.69) is 5.32 Å². The van der Waals surface area contributed by atoms with Gasteiger partial charge in [0.2, 0.25) is 5.91 Å². The molecule has 2 aromatic carbocycles. The highest BCUT2D eigenvalue weighted by molar-refractivity contribution is 6.03. The van der Waals surface area contributed by atoms with Crippen LogP contribution >= 0.6 is 0 Å². The third kappa shape index (κ3) is 4.12. The molecule has 2 aromatic rings. The van der Waals surface area contributed by atoms with Crippen LogP contribution in [-0.2, 0) is 9.59 Å². The van der Waals surface area contributed by atoms with Crippen LogP contribution in [0.1, 0.15) is 12.5 Å². The standard InChI is InChI=1S/C19H17N3O5/c1-2-21-16-9-6-14(11-17(16)27-12-19(21)24)20-18(23)10-5-13-3-7-15(8-4-13)22(25)26/h3-11H,2,12H2,1H3,(H,20,23)/b10-5+. The van der Waals surface area contributed by atoms with Crippen LogP contribution in [0.15, 0.2) is 48.5 Å². The number of hydrogen-bond donors (Lipinski definition) is 1. The summed E-state index contributed by atoms with van der Waals surface area (Å²) in [6.07, 6.45) is 2.90. The molecule has 0 fully saturated rings. The van der Waals surface area contributed by atoms with Crippen LogP contribution in [-0.4, -0.2) is 29.9 Å². The van der Waals surface area contributed by atoms with Gasteiger partial charge in [0.1, 0.15) is 5.75 Å². The van der Waals surface area contributed by atoms with E-state index in [1.54, 1.807) is 41.3 Å². The van der Waals surface area contributed by atoms with Gasteiger partial charge in [-0.05, 0) is 42.8 Å². The fraction of sp³-hybridized carbons (Fsp3) is 0.158. The van der Waals surface area contributed by atoms with E-state index in [-0.39, 0.29) is 24.1 Å². The predicted molar refractivity (Wildman–Crippen MR) is 101 cm³/mol. The largest absolute Gasteiger partial charge is 0.481 e. The first kappa shape index (κ1) is 18.1. The smallest absolute Gasteiger partial charge is 0.269 e. The van der Waals surface area contributed by atoms with Crippen molar-refractivity contribution in [2.24, 2.45) is 0 Å². The Morgan fingerprint density at radius 2 is 2.04 bits per heavy atom. The molecule has 8 nitrogen and oxygen atoms in total. The number of anilines is 2. The van der Waals surface area contributed by atoms with Crippen molar-refractivity contribution >= 4 is 35.0 Å². The van der Waals surface area contributed by atoms with Crippen LogP contribution < -0.4 is 15.0 Å². The van der Waals surface area contributed by atoms with Crippen LogP contribution in [0.4, 0.5) is 17.1 Å². The summed E-state index contributed by atoms with van der Waals surface area (Å²) >= 11 is 0. The lowest BCUT2D eigenvalue weighted by Crippen LogP contribution is -2.38. The molecule has 0 saturated heterocycles. The van der Waals surface area contributed by atoms with E-state index in [4.69, 9.17) is 4.74 Å². The monoisotopic (exact) mass is 367 g/mol. The minimum atomic E-state index is -0.481. The van der Waals surface area contributed by atoms with E-state index in [9.17, 15) is 19.7 Å². The predicted octanol–water partition coefficient (Wildman–Crippen LogP) is 2.99. The number of carbonyl (C=O) groups excluding carboxylic acids is 2. The second-order valence-electron chi connectivity index (χ2n) is 5.78. The molecule has 0 aromatic heterocycles. The molecule has 1 aliphatic rings. The Morgan fingerprint density at radius 1 is 1.30 bits per heavy atom. The van der Waals surface area contributed by atoms with Crippen molar-refractivity contribution in [2.75, 3.05) is 23.4 Å². The lowest BCUT2D eigenvalue weighted by Gasteiger charge is -2.28. The third-order valence-corrected chi connectivity index (χ3v) is 4.02. The van der Waals surface area contributed by atoms with Crippen LogP contribution in [0, 0.1) is 10.1 Å². The van der Waals surface area contributed by atoms with E-state index >= 15 is 0 Å². The van der Waals surface area contributed by atoms with Crippen molar-refractivity contribution in [1.29, 1.82) is 0 Å². The number of amides is 2. The molecule has 138 valence electrons. The zero-order valence-electron chi connectivity index (χ0n) is 14.5. The first-order valence-corrected chi connectivity index (χ1v) is 8.28. The quantitative estimate of drug-likeness (QED) is 0.497. The summed E-state index contributed by atoms with van der Waals surface area (Å²) in [7, 11) is 0.